The van der Waals surface area contributed by atoms with Crippen LogP contribution in [-0.2, 0) is 23.9 Å². The molecule has 7 heteroatoms. The van der Waals surface area contributed by atoms with Gasteiger partial charge in [-0.25, -0.2) is 0 Å². The lowest BCUT2D eigenvalue weighted by Crippen LogP contribution is -2.73. The summed E-state index contributed by atoms with van der Waals surface area (Å²) in [7, 11) is 0. The van der Waals surface area contributed by atoms with Crippen molar-refractivity contribution in [3.05, 3.63) is 12.2 Å². The van der Waals surface area contributed by atoms with Crippen molar-refractivity contribution in [2.24, 2.45) is 34.0 Å². The Morgan fingerprint density at radius 3 is 2.26 bits per heavy atom. The number of carbonyl (C=O) groups is 3. The Morgan fingerprint density at radius 2 is 1.68 bits per heavy atom. The van der Waals surface area contributed by atoms with Crippen molar-refractivity contribution < 1.29 is 34.1 Å². The van der Waals surface area contributed by atoms with Gasteiger partial charge in [-0.15, -0.1) is 0 Å². The zero-order chi connectivity index (χ0) is 23.1. The third kappa shape index (κ3) is 2.75. The Hall–Kier alpha value is -1.73. The van der Waals surface area contributed by atoms with Crippen LogP contribution in [0.4, 0.5) is 0 Å². The van der Waals surface area contributed by atoms with E-state index in [-0.39, 0.29) is 29.1 Å². The number of Topliss-reactive ketones (excluding diaryl/α,β-unsaturated/α-hetero) is 1. The molecule has 0 radical (unpaired) electrons. The van der Waals surface area contributed by atoms with Crippen LogP contribution in [-0.4, -0.2) is 52.4 Å². The first-order valence-electron chi connectivity index (χ1n) is 11.2. The van der Waals surface area contributed by atoms with Crippen LogP contribution in [0, 0.1) is 34.0 Å². The van der Waals surface area contributed by atoms with Crippen molar-refractivity contribution in [2.75, 3.05) is 0 Å². The Labute approximate surface area is 183 Å². The highest BCUT2D eigenvalue weighted by Gasteiger charge is 2.78. The zero-order valence-corrected chi connectivity index (χ0v) is 19.0. The maximum atomic E-state index is 13.6. The molecule has 9 atom stereocenters. The van der Waals surface area contributed by atoms with Gasteiger partial charge in [-0.1, -0.05) is 27.4 Å². The van der Waals surface area contributed by atoms with Gasteiger partial charge < -0.3 is 19.7 Å². The second-order valence-electron chi connectivity index (χ2n) is 11.0. The largest absolute Gasteiger partial charge is 0.462 e. The van der Waals surface area contributed by atoms with Crippen molar-refractivity contribution >= 4 is 17.7 Å². The number of aliphatic hydroxyl groups excluding tert-OH is 2. The van der Waals surface area contributed by atoms with E-state index < -0.39 is 59.0 Å². The minimum atomic E-state index is -1.52. The predicted octanol–water partition coefficient (Wildman–Crippen LogP) is 2.18. The Kier molecular flexibility index (Phi) is 4.99. The minimum absolute atomic E-state index is 0.104. The average molecular weight is 435 g/mol. The molecule has 2 N–H and O–H groups in total. The van der Waals surface area contributed by atoms with Crippen molar-refractivity contribution in [2.45, 2.75) is 84.7 Å². The van der Waals surface area contributed by atoms with Gasteiger partial charge in [-0.3, -0.25) is 14.4 Å². The van der Waals surface area contributed by atoms with Crippen LogP contribution >= 0.6 is 0 Å². The zero-order valence-electron chi connectivity index (χ0n) is 19.0. The SMILES string of the molecule is C=C1C(=O)[C@@]23[C@H](O)C[C@@H]4C(C)(C)CC[C@H](OC(C)=O)[C@@]4(C)[C@@H]2[C@@H](OC(C)=O)C[C@@H]1[C@H]3O. The average Bonchev–Trinajstić information content (AvgIpc) is 2.76. The second-order valence-corrected chi connectivity index (χ2v) is 11.0. The second kappa shape index (κ2) is 6.88. The molecule has 4 aliphatic rings. The van der Waals surface area contributed by atoms with E-state index in [0.29, 0.717) is 12.8 Å². The van der Waals surface area contributed by atoms with E-state index in [9.17, 15) is 24.6 Å². The fourth-order valence-electron chi connectivity index (χ4n) is 8.04. The van der Waals surface area contributed by atoms with Gasteiger partial charge in [0.05, 0.1) is 17.6 Å². The Bertz CT molecular complexity index is 847. The lowest BCUT2D eigenvalue weighted by Gasteiger charge is -2.67. The summed E-state index contributed by atoms with van der Waals surface area (Å²) in [6, 6.07) is 0. The molecule has 0 saturated heterocycles. The fraction of sp³-hybridized carbons (Fsp3) is 0.792. The standard InChI is InChI=1S/C24H34O7/c1-11-14-9-15(30-12(2)25)19-23(6)16(10-17(27)24(19,20(11)28)21(14)29)22(4,5)8-7-18(23)31-13(3)26/h14-19,21,27,29H,1,7-10H2,2-6H3/t14-,15-,16+,17+,18-,19-,21+,23-,24+/m0/s1. The molecule has 0 aliphatic heterocycles. The van der Waals surface area contributed by atoms with E-state index >= 15 is 0 Å². The first kappa shape index (κ1) is 22.5. The summed E-state index contributed by atoms with van der Waals surface area (Å²) in [6.07, 6.45) is -1.46. The van der Waals surface area contributed by atoms with Crippen LogP contribution < -0.4 is 0 Å². The van der Waals surface area contributed by atoms with E-state index in [1.54, 1.807) is 0 Å². The molecule has 31 heavy (non-hydrogen) atoms. The molecule has 2 bridgehead atoms. The summed E-state index contributed by atoms with van der Waals surface area (Å²) in [5.74, 6) is -2.60. The predicted molar refractivity (Wildman–Crippen MR) is 111 cm³/mol. The van der Waals surface area contributed by atoms with E-state index in [0.717, 1.165) is 6.42 Å². The van der Waals surface area contributed by atoms with Gasteiger partial charge in [0.25, 0.3) is 0 Å². The van der Waals surface area contributed by atoms with E-state index in [1.165, 1.54) is 13.8 Å². The molecule has 4 rings (SSSR count). The van der Waals surface area contributed by atoms with E-state index in [2.05, 4.69) is 20.4 Å². The third-order valence-electron chi connectivity index (χ3n) is 9.12. The number of aliphatic hydroxyl groups is 2. The molecule has 0 heterocycles. The van der Waals surface area contributed by atoms with Crippen LogP contribution in [0.1, 0.15) is 60.3 Å². The van der Waals surface area contributed by atoms with Crippen molar-refractivity contribution in [1.29, 1.82) is 0 Å². The van der Waals surface area contributed by atoms with Gasteiger partial charge in [-0.05, 0) is 42.6 Å². The van der Waals surface area contributed by atoms with Crippen molar-refractivity contribution in [1.82, 2.24) is 0 Å². The Balaban J connectivity index is 1.97. The van der Waals surface area contributed by atoms with E-state index in [1.807, 2.05) is 6.92 Å². The molecule has 0 aromatic rings. The Morgan fingerprint density at radius 1 is 1.06 bits per heavy atom. The van der Waals surface area contributed by atoms with Crippen LogP contribution in [0.3, 0.4) is 0 Å². The number of fused-ring (bicyclic) bond motifs is 3. The summed E-state index contributed by atoms with van der Waals surface area (Å²) >= 11 is 0. The van der Waals surface area contributed by atoms with Gasteiger partial charge in [0.15, 0.2) is 5.78 Å². The molecule has 0 amide bonds. The van der Waals surface area contributed by atoms with Gasteiger partial charge in [-0.2, -0.15) is 0 Å². The van der Waals surface area contributed by atoms with Crippen molar-refractivity contribution in [3.8, 4) is 0 Å². The summed E-state index contributed by atoms with van der Waals surface area (Å²) < 4.78 is 11.6. The molecule has 172 valence electrons. The topological polar surface area (TPSA) is 110 Å². The van der Waals surface area contributed by atoms with Gasteiger partial charge in [0.2, 0.25) is 0 Å². The van der Waals surface area contributed by atoms with E-state index in [4.69, 9.17) is 9.47 Å². The number of ketones is 1. The summed E-state index contributed by atoms with van der Waals surface area (Å²) in [6.45, 7) is 12.9. The summed E-state index contributed by atoms with van der Waals surface area (Å²) in [5.41, 5.74) is -2.21. The first-order valence-corrected chi connectivity index (χ1v) is 11.2. The normalized spacial score (nSPS) is 47.9. The number of hydrogen-bond acceptors (Lipinski definition) is 7. The van der Waals surface area contributed by atoms with Crippen LogP contribution in [0.2, 0.25) is 0 Å². The molecule has 0 aromatic carbocycles. The number of ether oxygens (including phenoxy) is 2. The smallest absolute Gasteiger partial charge is 0.302 e. The number of carbonyl (C=O) groups excluding carboxylic acids is 3. The quantitative estimate of drug-likeness (QED) is 0.506. The number of esters is 2. The van der Waals surface area contributed by atoms with Gasteiger partial charge in [0, 0.05) is 31.1 Å². The van der Waals surface area contributed by atoms with Gasteiger partial charge >= 0.3 is 11.9 Å². The highest BCUT2D eigenvalue weighted by molar-refractivity contribution is 6.04. The first-order chi connectivity index (χ1) is 14.3. The van der Waals surface area contributed by atoms with Crippen LogP contribution in [0.5, 0.6) is 0 Å². The minimum Gasteiger partial charge on any atom is -0.462 e. The highest BCUT2D eigenvalue weighted by atomic mass is 16.6. The molecule has 0 unspecified atom stereocenters. The highest BCUT2D eigenvalue weighted by Crippen LogP contribution is 2.71. The summed E-state index contributed by atoms with van der Waals surface area (Å²) in [4.78, 5) is 37.7. The van der Waals surface area contributed by atoms with Gasteiger partial charge in [0.1, 0.15) is 12.2 Å². The molecule has 4 aliphatic carbocycles. The molecule has 4 saturated carbocycles. The molecular formula is C24H34O7. The molecule has 1 spiro atoms. The maximum absolute atomic E-state index is 13.6. The fourth-order valence-corrected chi connectivity index (χ4v) is 8.04. The molecule has 0 aromatic heterocycles. The van der Waals surface area contributed by atoms with Crippen LogP contribution in [0.25, 0.3) is 0 Å². The maximum Gasteiger partial charge on any atom is 0.302 e. The van der Waals surface area contributed by atoms with Crippen molar-refractivity contribution in [3.63, 3.8) is 0 Å². The number of hydrogen-bond donors (Lipinski definition) is 2. The summed E-state index contributed by atoms with van der Waals surface area (Å²) in [5, 5.41) is 22.8. The molecular weight excluding hydrogens is 400 g/mol. The lowest BCUT2D eigenvalue weighted by molar-refractivity contribution is -0.279. The molecule has 7 nitrogen and oxygen atoms in total. The lowest BCUT2D eigenvalue weighted by atomic mass is 9.38. The number of rotatable bonds is 2. The van der Waals surface area contributed by atoms with Crippen LogP contribution in [0.15, 0.2) is 12.2 Å². The monoisotopic (exact) mass is 434 g/mol. The third-order valence-corrected chi connectivity index (χ3v) is 9.12. The molecule has 4 fully saturated rings.